The number of hydrogen-bond acceptors (Lipinski definition) is 2. The van der Waals surface area contributed by atoms with Gasteiger partial charge in [-0.1, -0.05) is 60.7 Å². The lowest BCUT2D eigenvalue weighted by Crippen LogP contribution is -1.86. The van der Waals surface area contributed by atoms with Crippen molar-refractivity contribution >= 4 is 5.84 Å². The molecule has 0 saturated carbocycles. The van der Waals surface area contributed by atoms with Gasteiger partial charge in [0.15, 0.2) is 0 Å². The Kier molecular flexibility index (Phi) is 2.42. The lowest BCUT2D eigenvalue weighted by atomic mass is 10.1. The van der Waals surface area contributed by atoms with Crippen molar-refractivity contribution < 1.29 is 4.42 Å². The van der Waals surface area contributed by atoms with Crippen LogP contribution in [-0.4, -0.2) is 9.38 Å². The molecule has 0 radical (unpaired) electrons. The third-order valence-corrected chi connectivity index (χ3v) is 3.36. The van der Waals surface area contributed by atoms with Crippen molar-refractivity contribution in [3.63, 3.8) is 0 Å². The Hall–Kier alpha value is -2.81. The van der Waals surface area contributed by atoms with Gasteiger partial charge in [0.05, 0.1) is 5.69 Å². The summed E-state index contributed by atoms with van der Waals surface area (Å²) in [6, 6.07) is 20.4. The van der Waals surface area contributed by atoms with E-state index in [1.807, 2.05) is 47.0 Å². The highest BCUT2D eigenvalue weighted by Crippen LogP contribution is 2.32. The van der Waals surface area contributed by atoms with Crippen LogP contribution in [0.1, 0.15) is 0 Å². The summed E-state index contributed by atoms with van der Waals surface area (Å²) in [5, 5.41) is 0. The monoisotopic (exact) mass is 260 g/mol. The summed E-state index contributed by atoms with van der Waals surface area (Å²) < 4.78 is 7.42. The summed E-state index contributed by atoms with van der Waals surface area (Å²) in [5.74, 6) is 0.614. The number of oxazole rings is 1. The van der Waals surface area contributed by atoms with Crippen LogP contribution in [0.3, 0.4) is 0 Å². The fourth-order valence-corrected chi connectivity index (χ4v) is 2.45. The van der Waals surface area contributed by atoms with E-state index in [0.29, 0.717) is 5.84 Å². The van der Waals surface area contributed by atoms with Gasteiger partial charge in [-0.15, -0.1) is 0 Å². The standard InChI is InChI=1S/C17H12N2O/c1-3-7-13(8-4-1)15-16(14-9-5-2-6-10-14)19-11-12-20-17(19)18-15/h1-12H. The van der Waals surface area contributed by atoms with Crippen LogP contribution >= 0.6 is 0 Å². The van der Waals surface area contributed by atoms with Crippen LogP contribution in [0.25, 0.3) is 28.4 Å². The zero-order chi connectivity index (χ0) is 13.4. The van der Waals surface area contributed by atoms with Crippen LogP contribution in [0.15, 0.2) is 77.5 Å². The average molecular weight is 260 g/mol. The highest BCUT2D eigenvalue weighted by atomic mass is 16.3. The molecule has 0 saturated heterocycles. The van der Waals surface area contributed by atoms with Crippen molar-refractivity contribution in [1.29, 1.82) is 0 Å². The molecule has 0 aliphatic heterocycles. The van der Waals surface area contributed by atoms with Gasteiger partial charge in [-0.05, 0) is 0 Å². The van der Waals surface area contributed by atoms with E-state index in [4.69, 9.17) is 4.42 Å². The number of nitrogens with zero attached hydrogens (tertiary/aromatic N) is 2. The van der Waals surface area contributed by atoms with Gasteiger partial charge < -0.3 is 4.42 Å². The second-order valence-electron chi connectivity index (χ2n) is 4.60. The largest absolute Gasteiger partial charge is 0.432 e. The van der Waals surface area contributed by atoms with E-state index in [1.165, 1.54) is 0 Å². The highest BCUT2D eigenvalue weighted by molar-refractivity contribution is 5.80. The van der Waals surface area contributed by atoms with Crippen LogP contribution < -0.4 is 0 Å². The van der Waals surface area contributed by atoms with E-state index in [-0.39, 0.29) is 0 Å². The minimum Gasteiger partial charge on any atom is -0.432 e. The minimum absolute atomic E-state index is 0.614. The Bertz CT molecular complexity index is 844. The van der Waals surface area contributed by atoms with E-state index in [9.17, 15) is 0 Å². The number of fused-ring (bicyclic) bond motifs is 1. The van der Waals surface area contributed by atoms with Gasteiger partial charge >= 0.3 is 5.84 Å². The summed E-state index contributed by atoms with van der Waals surface area (Å²) in [7, 11) is 0. The molecule has 4 aromatic rings. The Labute approximate surface area is 116 Å². The van der Waals surface area contributed by atoms with Gasteiger partial charge in [0.1, 0.15) is 12.0 Å². The third kappa shape index (κ3) is 1.64. The number of benzene rings is 2. The van der Waals surface area contributed by atoms with E-state index in [2.05, 4.69) is 29.2 Å². The van der Waals surface area contributed by atoms with Crippen molar-refractivity contribution in [2.75, 3.05) is 0 Å². The van der Waals surface area contributed by atoms with Gasteiger partial charge in [-0.25, -0.2) is 0 Å². The molecule has 0 fully saturated rings. The molecular weight excluding hydrogens is 248 g/mol. The second-order valence-corrected chi connectivity index (χ2v) is 4.60. The Morgan fingerprint density at radius 2 is 1.45 bits per heavy atom. The van der Waals surface area contributed by atoms with Crippen molar-refractivity contribution in [1.82, 2.24) is 9.38 Å². The quantitative estimate of drug-likeness (QED) is 0.539. The molecule has 0 spiro atoms. The smallest absolute Gasteiger partial charge is 0.306 e. The SMILES string of the molecule is c1ccc(-c2nc3occn3c2-c2ccccc2)cc1. The van der Waals surface area contributed by atoms with Gasteiger partial charge in [0.2, 0.25) is 0 Å². The number of imidazole rings is 1. The predicted octanol–water partition coefficient (Wildman–Crippen LogP) is 4.26. The molecule has 0 aliphatic rings. The van der Waals surface area contributed by atoms with Gasteiger partial charge in [0, 0.05) is 17.3 Å². The Balaban J connectivity index is 2.05. The maximum atomic E-state index is 5.43. The molecule has 0 N–H and O–H groups in total. The van der Waals surface area contributed by atoms with Gasteiger partial charge in [0.25, 0.3) is 0 Å². The normalized spacial score (nSPS) is 11.0. The summed E-state index contributed by atoms with van der Waals surface area (Å²) >= 11 is 0. The molecule has 2 aromatic carbocycles. The van der Waals surface area contributed by atoms with Crippen molar-refractivity contribution in [3.8, 4) is 22.5 Å². The molecule has 0 atom stereocenters. The number of rotatable bonds is 2. The first-order chi connectivity index (χ1) is 9.93. The summed E-state index contributed by atoms with van der Waals surface area (Å²) in [4.78, 5) is 4.62. The zero-order valence-electron chi connectivity index (χ0n) is 10.7. The highest BCUT2D eigenvalue weighted by Gasteiger charge is 2.16. The summed E-state index contributed by atoms with van der Waals surface area (Å²) in [6.07, 6.45) is 3.56. The van der Waals surface area contributed by atoms with Crippen LogP contribution in [0.5, 0.6) is 0 Å². The molecule has 20 heavy (non-hydrogen) atoms. The Morgan fingerprint density at radius 3 is 2.15 bits per heavy atom. The molecule has 0 aliphatic carbocycles. The summed E-state index contributed by atoms with van der Waals surface area (Å²) in [5.41, 5.74) is 4.21. The van der Waals surface area contributed by atoms with Gasteiger partial charge in [-0.2, -0.15) is 4.98 Å². The molecule has 2 heterocycles. The fraction of sp³-hybridized carbons (Fsp3) is 0. The maximum absolute atomic E-state index is 5.43. The molecule has 0 unspecified atom stereocenters. The van der Waals surface area contributed by atoms with Crippen LogP contribution in [0, 0.1) is 0 Å². The third-order valence-electron chi connectivity index (χ3n) is 3.36. The molecule has 3 heteroatoms. The number of aromatic nitrogens is 2. The molecule has 96 valence electrons. The van der Waals surface area contributed by atoms with Crippen LogP contribution in [0.2, 0.25) is 0 Å². The van der Waals surface area contributed by atoms with E-state index in [1.54, 1.807) is 6.26 Å². The zero-order valence-corrected chi connectivity index (χ0v) is 10.7. The lowest BCUT2D eigenvalue weighted by molar-refractivity contribution is 0.596. The molecular formula is C17H12N2O. The molecule has 2 aromatic heterocycles. The molecule has 4 rings (SSSR count). The predicted molar refractivity (Wildman–Crippen MR) is 78.3 cm³/mol. The minimum atomic E-state index is 0.614. The number of hydrogen-bond donors (Lipinski definition) is 0. The Morgan fingerprint density at radius 1 is 0.800 bits per heavy atom. The van der Waals surface area contributed by atoms with Crippen molar-refractivity contribution in [2.24, 2.45) is 0 Å². The first kappa shape index (κ1) is 11.1. The van der Waals surface area contributed by atoms with Crippen molar-refractivity contribution in [3.05, 3.63) is 73.1 Å². The fourth-order valence-electron chi connectivity index (χ4n) is 2.45. The van der Waals surface area contributed by atoms with Crippen LogP contribution in [-0.2, 0) is 0 Å². The van der Waals surface area contributed by atoms with Crippen molar-refractivity contribution in [2.45, 2.75) is 0 Å². The maximum Gasteiger partial charge on any atom is 0.306 e. The average Bonchev–Trinajstić information content (AvgIpc) is 3.09. The van der Waals surface area contributed by atoms with E-state index < -0.39 is 0 Å². The van der Waals surface area contributed by atoms with E-state index >= 15 is 0 Å². The first-order valence-corrected chi connectivity index (χ1v) is 6.50. The van der Waals surface area contributed by atoms with Gasteiger partial charge in [-0.3, -0.25) is 4.40 Å². The summed E-state index contributed by atoms with van der Waals surface area (Å²) in [6.45, 7) is 0. The molecule has 0 amide bonds. The first-order valence-electron chi connectivity index (χ1n) is 6.50. The molecule has 0 bridgehead atoms. The van der Waals surface area contributed by atoms with E-state index in [0.717, 1.165) is 22.5 Å². The second kappa shape index (κ2) is 4.38. The lowest BCUT2D eigenvalue weighted by Gasteiger charge is -2.04. The van der Waals surface area contributed by atoms with Crippen LogP contribution in [0.4, 0.5) is 0 Å². The molecule has 3 nitrogen and oxygen atoms in total. The topological polar surface area (TPSA) is 30.4 Å².